The van der Waals surface area contributed by atoms with Crippen LogP contribution >= 0.6 is 0 Å². The van der Waals surface area contributed by atoms with Gasteiger partial charge in [0.1, 0.15) is 29.3 Å². The Bertz CT molecular complexity index is 1270. The Morgan fingerprint density at radius 3 is 1.82 bits per heavy atom. The highest BCUT2D eigenvalue weighted by Gasteiger charge is 2.39. The molecule has 3 amide bonds. The van der Waals surface area contributed by atoms with Gasteiger partial charge in [0, 0.05) is 13.0 Å². The van der Waals surface area contributed by atoms with E-state index in [4.69, 9.17) is 9.47 Å². The number of hydrogen-bond donors (Lipinski definition) is 2. The van der Waals surface area contributed by atoms with Crippen LogP contribution in [0.3, 0.4) is 0 Å². The first kappa shape index (κ1) is 36.3. The lowest BCUT2D eigenvalue weighted by Crippen LogP contribution is -2.56. The topological polar surface area (TPSA) is 114 Å². The van der Waals surface area contributed by atoms with E-state index in [0.717, 1.165) is 16.7 Å². The molecular weight excluding hydrogens is 558 g/mol. The molecule has 0 saturated carbocycles. The summed E-state index contributed by atoms with van der Waals surface area (Å²) in [4.78, 5) is 56.3. The average molecular weight is 610 g/mol. The number of nitrogens with one attached hydrogen (secondary N) is 2. The molecule has 2 rings (SSSR count). The number of aryl methyl sites for hydroxylation is 2. The summed E-state index contributed by atoms with van der Waals surface area (Å²) in [5.74, 6) is -1.84. The summed E-state index contributed by atoms with van der Waals surface area (Å²) in [6.45, 7) is 19.9. The number of carbonyl (C=O) groups is 4. The molecule has 2 aromatic rings. The maximum atomic E-state index is 14.4. The predicted octanol–water partition coefficient (Wildman–Crippen LogP) is 5.81. The third-order valence-electron chi connectivity index (χ3n) is 6.89. The molecule has 3 unspecified atom stereocenters. The first-order chi connectivity index (χ1) is 20.3. The second-order valence-corrected chi connectivity index (χ2v) is 13.5. The largest absolute Gasteiger partial charge is 0.458 e. The molecule has 0 radical (unpaired) electrons. The lowest BCUT2D eigenvalue weighted by molar-refractivity contribution is -0.159. The SMILES string of the molecule is CCN(C(=O)C(NC(=O)OC(C)(C)C)C(C)C)C(C(=O)NC(Cc1ccccc1)C(=O)OC(C)(C)C)c1c(C)cccc1C. The van der Waals surface area contributed by atoms with Gasteiger partial charge in [-0.15, -0.1) is 0 Å². The summed E-state index contributed by atoms with van der Waals surface area (Å²) in [5.41, 5.74) is 1.60. The maximum absolute atomic E-state index is 14.4. The zero-order valence-electron chi connectivity index (χ0n) is 28.2. The number of rotatable bonds is 11. The maximum Gasteiger partial charge on any atom is 0.408 e. The number of likely N-dealkylation sites (N-methyl/N-ethyl adjacent to an activating group) is 1. The Balaban J connectivity index is 2.59. The fourth-order valence-corrected chi connectivity index (χ4v) is 4.95. The number of amides is 3. The smallest absolute Gasteiger partial charge is 0.408 e. The number of nitrogens with zero attached hydrogens (tertiary/aromatic N) is 1. The van der Waals surface area contributed by atoms with Crippen LogP contribution in [0.25, 0.3) is 0 Å². The van der Waals surface area contributed by atoms with E-state index in [0.29, 0.717) is 5.56 Å². The van der Waals surface area contributed by atoms with Gasteiger partial charge >= 0.3 is 12.1 Å². The van der Waals surface area contributed by atoms with Crippen molar-refractivity contribution in [2.75, 3.05) is 6.54 Å². The van der Waals surface area contributed by atoms with Gasteiger partial charge in [-0.2, -0.15) is 0 Å². The van der Waals surface area contributed by atoms with Crippen LogP contribution in [0.5, 0.6) is 0 Å². The summed E-state index contributed by atoms with van der Waals surface area (Å²) in [6.07, 6.45) is -0.517. The minimum absolute atomic E-state index is 0.166. The van der Waals surface area contributed by atoms with Crippen LogP contribution in [0.4, 0.5) is 4.79 Å². The Kier molecular flexibility index (Phi) is 12.6. The van der Waals surface area contributed by atoms with E-state index in [1.54, 1.807) is 48.5 Å². The second kappa shape index (κ2) is 15.2. The average Bonchev–Trinajstić information content (AvgIpc) is 2.89. The molecule has 0 fully saturated rings. The van der Waals surface area contributed by atoms with Crippen LogP contribution in [-0.2, 0) is 30.3 Å². The Labute approximate surface area is 263 Å². The van der Waals surface area contributed by atoms with Crippen molar-refractivity contribution in [2.24, 2.45) is 5.92 Å². The highest BCUT2D eigenvalue weighted by molar-refractivity contribution is 5.94. The predicted molar refractivity (Wildman–Crippen MR) is 172 cm³/mol. The van der Waals surface area contributed by atoms with Gasteiger partial charge in [0.25, 0.3) is 0 Å². The van der Waals surface area contributed by atoms with Gasteiger partial charge in [-0.25, -0.2) is 9.59 Å². The van der Waals surface area contributed by atoms with Gasteiger partial charge in [-0.1, -0.05) is 62.4 Å². The molecule has 242 valence electrons. The van der Waals surface area contributed by atoms with Gasteiger partial charge in [0.05, 0.1) is 0 Å². The van der Waals surface area contributed by atoms with E-state index in [2.05, 4.69) is 10.6 Å². The molecule has 2 N–H and O–H groups in total. The number of benzene rings is 2. The van der Waals surface area contributed by atoms with Crippen LogP contribution < -0.4 is 10.6 Å². The van der Waals surface area contributed by atoms with Crippen LogP contribution in [0.15, 0.2) is 48.5 Å². The zero-order chi connectivity index (χ0) is 33.4. The Hall–Kier alpha value is -3.88. The number of hydrogen-bond acceptors (Lipinski definition) is 6. The molecule has 0 bridgehead atoms. The summed E-state index contributed by atoms with van der Waals surface area (Å²) in [7, 11) is 0. The number of ether oxygens (including phenoxy) is 2. The molecular formula is C35H51N3O6. The molecule has 0 heterocycles. The molecule has 0 saturated heterocycles. The van der Waals surface area contributed by atoms with Gasteiger partial charge in [-0.05, 0) is 90.5 Å². The van der Waals surface area contributed by atoms with Gasteiger partial charge < -0.3 is 25.0 Å². The fourth-order valence-electron chi connectivity index (χ4n) is 4.95. The van der Waals surface area contributed by atoms with Crippen molar-refractivity contribution in [1.82, 2.24) is 15.5 Å². The minimum atomic E-state index is -1.09. The minimum Gasteiger partial charge on any atom is -0.458 e. The van der Waals surface area contributed by atoms with E-state index in [-0.39, 0.29) is 18.9 Å². The normalized spacial score (nSPS) is 13.8. The molecule has 2 aromatic carbocycles. The molecule has 0 aliphatic carbocycles. The van der Waals surface area contributed by atoms with Crippen LogP contribution in [0.2, 0.25) is 0 Å². The van der Waals surface area contributed by atoms with Crippen molar-refractivity contribution in [2.45, 2.75) is 112 Å². The van der Waals surface area contributed by atoms with E-state index in [9.17, 15) is 19.2 Å². The van der Waals surface area contributed by atoms with Crippen molar-refractivity contribution in [3.8, 4) is 0 Å². The second-order valence-electron chi connectivity index (χ2n) is 13.5. The fraction of sp³-hybridized carbons (Fsp3) is 0.543. The summed E-state index contributed by atoms with van der Waals surface area (Å²) in [6, 6.07) is 12.0. The first-order valence-electron chi connectivity index (χ1n) is 15.3. The van der Waals surface area contributed by atoms with Crippen molar-refractivity contribution in [3.05, 3.63) is 70.8 Å². The van der Waals surface area contributed by atoms with Gasteiger partial charge in [0.2, 0.25) is 11.8 Å². The van der Waals surface area contributed by atoms with Crippen LogP contribution in [0.1, 0.15) is 90.6 Å². The van der Waals surface area contributed by atoms with E-state index in [1.807, 2.05) is 76.2 Å². The summed E-state index contributed by atoms with van der Waals surface area (Å²) < 4.78 is 11.1. The van der Waals surface area contributed by atoms with E-state index >= 15 is 0 Å². The first-order valence-corrected chi connectivity index (χ1v) is 15.3. The zero-order valence-corrected chi connectivity index (χ0v) is 28.2. The Morgan fingerprint density at radius 2 is 1.34 bits per heavy atom. The number of carbonyl (C=O) groups excluding carboxylic acids is 4. The molecule has 0 aliphatic heterocycles. The monoisotopic (exact) mass is 609 g/mol. The number of esters is 1. The molecule has 0 aliphatic rings. The van der Waals surface area contributed by atoms with E-state index < -0.39 is 53.2 Å². The molecule has 44 heavy (non-hydrogen) atoms. The highest BCUT2D eigenvalue weighted by atomic mass is 16.6. The van der Waals surface area contributed by atoms with Crippen molar-refractivity contribution >= 4 is 23.9 Å². The van der Waals surface area contributed by atoms with Crippen molar-refractivity contribution in [3.63, 3.8) is 0 Å². The van der Waals surface area contributed by atoms with Crippen LogP contribution in [0, 0.1) is 19.8 Å². The standard InChI is InChI=1S/C35H51N3O6/c1-12-38(31(40)28(22(2)3)37-33(42)44-35(9,10)11)29(27-23(4)17-16-18-24(27)5)30(39)36-26(32(41)43-34(6,7)8)21-25-19-14-13-15-20-25/h13-20,22,26,28-29H,12,21H2,1-11H3,(H,36,39)(H,37,42). The van der Waals surface area contributed by atoms with Crippen molar-refractivity contribution < 1.29 is 28.7 Å². The lowest BCUT2D eigenvalue weighted by atomic mass is 9.92. The molecule has 0 spiro atoms. The van der Waals surface area contributed by atoms with Gasteiger partial charge in [0.15, 0.2) is 0 Å². The van der Waals surface area contributed by atoms with Crippen LogP contribution in [-0.4, -0.2) is 58.6 Å². The van der Waals surface area contributed by atoms with Gasteiger partial charge in [-0.3, -0.25) is 9.59 Å². The van der Waals surface area contributed by atoms with Crippen molar-refractivity contribution in [1.29, 1.82) is 0 Å². The quantitative estimate of drug-likeness (QED) is 0.311. The molecule has 9 heteroatoms. The third kappa shape index (κ3) is 10.7. The molecule has 3 atom stereocenters. The molecule has 9 nitrogen and oxygen atoms in total. The summed E-state index contributed by atoms with van der Waals surface area (Å²) in [5, 5.41) is 5.65. The third-order valence-corrected chi connectivity index (χ3v) is 6.89. The molecule has 0 aromatic heterocycles. The lowest BCUT2D eigenvalue weighted by Gasteiger charge is -2.36. The van der Waals surface area contributed by atoms with E-state index in [1.165, 1.54) is 4.90 Å². The Morgan fingerprint density at radius 1 is 0.795 bits per heavy atom. The summed E-state index contributed by atoms with van der Waals surface area (Å²) >= 11 is 0. The highest BCUT2D eigenvalue weighted by Crippen LogP contribution is 2.29. The number of alkyl carbamates (subject to hydrolysis) is 1.